The molecule has 0 aromatic heterocycles. The minimum Gasteiger partial charge on any atom is -0.0625 e. The Bertz CT molecular complexity index is 512. The van der Waals surface area contributed by atoms with Gasteiger partial charge in [-0.1, -0.05) is 69.3 Å². The van der Waals surface area contributed by atoms with Crippen molar-refractivity contribution >= 4 is 25.5 Å². The van der Waals surface area contributed by atoms with Gasteiger partial charge in [-0.2, -0.15) is 0 Å². The summed E-state index contributed by atoms with van der Waals surface area (Å²) in [4.78, 5) is 0. The summed E-state index contributed by atoms with van der Waals surface area (Å²) in [5, 5.41) is 4.49. The Kier molecular flexibility index (Phi) is 3.39. The summed E-state index contributed by atoms with van der Waals surface area (Å²) in [6.07, 6.45) is 0. The summed E-state index contributed by atoms with van der Waals surface area (Å²) in [5.41, 5.74) is 0. The third-order valence-corrected chi connectivity index (χ3v) is 6.45. The molecule has 0 amide bonds. The molecule has 0 spiro atoms. The van der Waals surface area contributed by atoms with Gasteiger partial charge in [0.25, 0.3) is 0 Å². The molecule has 1 radical (unpaired) electrons. The fourth-order valence-electron chi connectivity index (χ4n) is 1.96. The molecular formula is C16H21Si. The molecule has 0 atom stereocenters. The molecule has 2 aromatic carbocycles. The molecule has 89 valence electrons. The van der Waals surface area contributed by atoms with Crippen LogP contribution in [0.15, 0.2) is 36.4 Å². The van der Waals surface area contributed by atoms with Gasteiger partial charge in [0.15, 0.2) is 0 Å². The highest BCUT2D eigenvalue weighted by Crippen LogP contribution is 2.32. The van der Waals surface area contributed by atoms with Gasteiger partial charge in [-0.25, -0.2) is 0 Å². The van der Waals surface area contributed by atoms with Crippen LogP contribution in [0.4, 0.5) is 0 Å². The van der Waals surface area contributed by atoms with E-state index in [1.165, 1.54) is 16.0 Å². The second-order valence-electron chi connectivity index (χ2n) is 5.89. The second-order valence-corrected chi connectivity index (χ2v) is 8.83. The van der Waals surface area contributed by atoms with Gasteiger partial charge in [0, 0.05) is 0 Å². The van der Waals surface area contributed by atoms with E-state index in [2.05, 4.69) is 70.2 Å². The third-order valence-electron chi connectivity index (χ3n) is 3.93. The summed E-state index contributed by atoms with van der Waals surface area (Å²) in [6.45, 7) is 9.45. The lowest BCUT2D eigenvalue weighted by Gasteiger charge is -2.28. The predicted octanol–water partition coefficient (Wildman–Crippen LogP) is 3.29. The Labute approximate surface area is 107 Å². The molecule has 17 heavy (non-hydrogen) atoms. The number of hydrogen-bond donors (Lipinski definition) is 0. The topological polar surface area (TPSA) is 0 Å². The molecule has 2 aromatic rings. The highest BCUT2D eigenvalue weighted by Gasteiger charge is 2.23. The van der Waals surface area contributed by atoms with E-state index in [1.54, 1.807) is 0 Å². The first-order valence-electron chi connectivity index (χ1n) is 6.39. The summed E-state index contributed by atoms with van der Waals surface area (Å²) in [6, 6.07) is 16.6. The number of hydrogen-bond acceptors (Lipinski definition) is 0. The van der Waals surface area contributed by atoms with E-state index in [0.29, 0.717) is 5.04 Å². The van der Waals surface area contributed by atoms with E-state index in [9.17, 15) is 0 Å². The van der Waals surface area contributed by atoms with Crippen LogP contribution in [-0.2, 0) is 0 Å². The highest BCUT2D eigenvalue weighted by atomic mass is 28.2. The van der Waals surface area contributed by atoms with Gasteiger partial charge in [-0.15, -0.1) is 0 Å². The first kappa shape index (κ1) is 12.4. The third kappa shape index (κ3) is 2.78. The minimum absolute atomic E-state index is 0.275. The summed E-state index contributed by atoms with van der Waals surface area (Å²) in [7, 11) is -0.275. The van der Waals surface area contributed by atoms with Gasteiger partial charge in [0.2, 0.25) is 0 Å². The van der Waals surface area contributed by atoms with Crippen molar-refractivity contribution in [1.82, 2.24) is 0 Å². The molecular weight excluding hydrogens is 220 g/mol. The number of rotatable bonds is 3. The van der Waals surface area contributed by atoms with Gasteiger partial charge in [0.05, 0.1) is 9.52 Å². The van der Waals surface area contributed by atoms with E-state index in [1.807, 2.05) is 0 Å². The summed E-state index contributed by atoms with van der Waals surface area (Å²) >= 11 is 0. The molecule has 0 N–H and O–H groups in total. The Morgan fingerprint density at radius 3 is 2.47 bits per heavy atom. The Balaban J connectivity index is 2.31. The molecule has 0 bridgehead atoms. The minimum atomic E-state index is -0.275. The smallest absolute Gasteiger partial charge is 0.0614 e. The normalized spacial score (nSPS) is 13.0. The highest BCUT2D eigenvalue weighted by molar-refractivity contribution is 6.56. The molecule has 0 aliphatic heterocycles. The maximum absolute atomic E-state index is 3.60. The van der Waals surface area contributed by atoms with Crippen molar-refractivity contribution in [3.05, 3.63) is 42.5 Å². The molecule has 0 nitrogen and oxygen atoms in total. The molecule has 0 saturated carbocycles. The van der Waals surface area contributed by atoms with Gasteiger partial charge < -0.3 is 0 Å². The van der Waals surface area contributed by atoms with Crippen LogP contribution >= 0.6 is 0 Å². The first-order valence-corrected chi connectivity index (χ1v) is 7.80. The summed E-state index contributed by atoms with van der Waals surface area (Å²) < 4.78 is 0. The van der Waals surface area contributed by atoms with Crippen LogP contribution in [0.5, 0.6) is 0 Å². The molecule has 0 aliphatic carbocycles. The van der Waals surface area contributed by atoms with Crippen LogP contribution in [0.3, 0.4) is 0 Å². The Morgan fingerprint density at radius 1 is 1.06 bits per heavy atom. The van der Waals surface area contributed by atoms with Crippen LogP contribution in [0.2, 0.25) is 5.04 Å². The van der Waals surface area contributed by atoms with E-state index in [0.717, 1.165) is 5.92 Å². The van der Waals surface area contributed by atoms with Gasteiger partial charge in [0.1, 0.15) is 0 Å². The van der Waals surface area contributed by atoms with E-state index in [-0.39, 0.29) is 9.52 Å². The average molecular weight is 241 g/mol. The van der Waals surface area contributed by atoms with Gasteiger partial charge in [-0.05, 0) is 27.8 Å². The molecule has 0 fully saturated rings. The molecule has 0 aliphatic rings. The molecule has 0 heterocycles. The van der Waals surface area contributed by atoms with E-state index < -0.39 is 0 Å². The first-order chi connectivity index (χ1) is 7.99. The standard InChI is InChI=1S/C16H21Si/c1-12(2)16(3,4)17-15-10-9-13-7-5-6-8-14(13)11-15/h5-10,12H,17H2,1-4H3. The van der Waals surface area contributed by atoms with Crippen molar-refractivity contribution in [1.29, 1.82) is 0 Å². The Morgan fingerprint density at radius 2 is 1.76 bits per heavy atom. The largest absolute Gasteiger partial charge is 0.0625 e. The van der Waals surface area contributed by atoms with Crippen molar-refractivity contribution in [3.8, 4) is 0 Å². The van der Waals surface area contributed by atoms with Crippen LogP contribution in [-0.4, -0.2) is 9.52 Å². The van der Waals surface area contributed by atoms with Crippen LogP contribution in [0.1, 0.15) is 27.7 Å². The lowest BCUT2D eigenvalue weighted by Crippen LogP contribution is -2.29. The van der Waals surface area contributed by atoms with Gasteiger partial charge in [-0.3, -0.25) is 0 Å². The van der Waals surface area contributed by atoms with Crippen LogP contribution < -0.4 is 5.19 Å². The molecule has 0 saturated heterocycles. The number of fused-ring (bicyclic) bond motifs is 1. The van der Waals surface area contributed by atoms with Gasteiger partial charge >= 0.3 is 0 Å². The zero-order valence-corrected chi connectivity index (χ0v) is 12.7. The van der Waals surface area contributed by atoms with Crippen molar-refractivity contribution in [2.45, 2.75) is 32.7 Å². The lowest BCUT2D eigenvalue weighted by atomic mass is 9.99. The van der Waals surface area contributed by atoms with E-state index >= 15 is 0 Å². The zero-order chi connectivity index (χ0) is 12.5. The monoisotopic (exact) mass is 241 g/mol. The second kappa shape index (κ2) is 4.65. The van der Waals surface area contributed by atoms with Crippen molar-refractivity contribution in [3.63, 3.8) is 0 Å². The fraction of sp³-hybridized carbons (Fsp3) is 0.375. The molecule has 0 unspecified atom stereocenters. The SMILES string of the molecule is CC(C)C(C)(C)[SiH2]c1[c]c2ccccc2cc1. The average Bonchev–Trinajstić information content (AvgIpc) is 2.28. The van der Waals surface area contributed by atoms with E-state index in [4.69, 9.17) is 0 Å². The Hall–Kier alpha value is -1.08. The molecule has 2 rings (SSSR count). The molecule has 1 heteroatoms. The quantitative estimate of drug-likeness (QED) is 0.723. The van der Waals surface area contributed by atoms with Crippen molar-refractivity contribution < 1.29 is 0 Å². The maximum Gasteiger partial charge on any atom is 0.0614 e. The number of benzene rings is 2. The van der Waals surface area contributed by atoms with Crippen LogP contribution in [0, 0.1) is 12.0 Å². The fourth-order valence-corrected chi connectivity index (χ4v) is 3.86. The lowest BCUT2D eigenvalue weighted by molar-refractivity contribution is 0.476. The van der Waals surface area contributed by atoms with Crippen LogP contribution in [0.25, 0.3) is 10.8 Å². The predicted molar refractivity (Wildman–Crippen MR) is 79.8 cm³/mol. The summed E-state index contributed by atoms with van der Waals surface area (Å²) in [5.74, 6) is 0.744. The zero-order valence-electron chi connectivity index (χ0n) is 11.2. The van der Waals surface area contributed by atoms with Crippen molar-refractivity contribution in [2.24, 2.45) is 5.92 Å². The maximum atomic E-state index is 3.60. The van der Waals surface area contributed by atoms with Crippen molar-refractivity contribution in [2.75, 3.05) is 0 Å².